The van der Waals surface area contributed by atoms with Crippen LogP contribution in [0.3, 0.4) is 0 Å². The lowest BCUT2D eigenvalue weighted by Gasteiger charge is -2.25. The molecule has 1 N–H and O–H groups in total. The Hall–Kier alpha value is -4.73. The van der Waals surface area contributed by atoms with Crippen LogP contribution in [-0.2, 0) is 4.74 Å². The molecule has 0 aliphatic carbocycles. The number of pyridine rings is 2. The number of nitrogens with zero attached hydrogens (tertiary/aromatic N) is 6. The van der Waals surface area contributed by atoms with Crippen molar-refractivity contribution in [3.05, 3.63) is 89.9 Å². The van der Waals surface area contributed by atoms with Gasteiger partial charge >= 0.3 is 6.09 Å². The van der Waals surface area contributed by atoms with Crippen molar-refractivity contribution in [1.29, 1.82) is 0 Å². The van der Waals surface area contributed by atoms with Gasteiger partial charge in [-0.1, -0.05) is 12.1 Å². The fraction of sp³-hybridized carbons (Fsp3) is 0.300. The van der Waals surface area contributed by atoms with Gasteiger partial charge in [-0.3, -0.25) is 9.78 Å². The summed E-state index contributed by atoms with van der Waals surface area (Å²) in [5.74, 6) is 0.489. The molecule has 2 amide bonds. The van der Waals surface area contributed by atoms with E-state index >= 15 is 0 Å². The minimum absolute atomic E-state index is 0.0238. The summed E-state index contributed by atoms with van der Waals surface area (Å²) in [7, 11) is 0. The molecule has 0 saturated carbocycles. The SMILES string of the molecule is CCOC(=O)N1CC=C(c2cccn3nc(Nc4ccc(C(=O)N5CCCC5c5cccnc5)cc4)nc23)CC1. The summed E-state index contributed by atoms with van der Waals surface area (Å²) in [5.41, 5.74) is 5.36. The lowest BCUT2D eigenvalue weighted by Crippen LogP contribution is -2.35. The van der Waals surface area contributed by atoms with Crippen molar-refractivity contribution in [2.45, 2.75) is 32.2 Å². The molecule has 10 nitrogen and oxygen atoms in total. The van der Waals surface area contributed by atoms with Crippen molar-refractivity contribution in [3.63, 3.8) is 0 Å². The van der Waals surface area contributed by atoms with Crippen LogP contribution < -0.4 is 5.32 Å². The van der Waals surface area contributed by atoms with Crippen molar-refractivity contribution in [2.75, 3.05) is 31.6 Å². The Balaban J connectivity index is 1.15. The summed E-state index contributed by atoms with van der Waals surface area (Å²) in [4.78, 5) is 38.0. The number of hydrogen-bond acceptors (Lipinski definition) is 7. The maximum atomic E-state index is 13.3. The minimum Gasteiger partial charge on any atom is -0.450 e. The van der Waals surface area contributed by atoms with Crippen molar-refractivity contribution < 1.29 is 14.3 Å². The number of nitrogens with one attached hydrogen (secondary N) is 1. The van der Waals surface area contributed by atoms with Gasteiger partial charge in [0.05, 0.1) is 12.6 Å². The normalized spacial score (nSPS) is 17.1. The first kappa shape index (κ1) is 25.5. The quantitative estimate of drug-likeness (QED) is 0.365. The Kier molecular flexibility index (Phi) is 7.13. The fourth-order valence-corrected chi connectivity index (χ4v) is 5.42. The smallest absolute Gasteiger partial charge is 0.410 e. The van der Waals surface area contributed by atoms with Gasteiger partial charge in [0.15, 0.2) is 5.65 Å². The molecule has 1 unspecified atom stereocenters. The van der Waals surface area contributed by atoms with Gasteiger partial charge < -0.3 is 19.9 Å². The molecule has 3 aromatic heterocycles. The van der Waals surface area contributed by atoms with Gasteiger partial charge in [0.25, 0.3) is 5.91 Å². The Bertz CT molecular complexity index is 1550. The molecular weight excluding hydrogens is 506 g/mol. The van der Waals surface area contributed by atoms with Crippen LogP contribution in [0.25, 0.3) is 11.2 Å². The number of carbonyl (C=O) groups is 2. The van der Waals surface area contributed by atoms with Crippen molar-refractivity contribution in [1.82, 2.24) is 29.4 Å². The molecule has 5 heterocycles. The Labute approximate surface area is 232 Å². The highest BCUT2D eigenvalue weighted by molar-refractivity contribution is 5.95. The van der Waals surface area contributed by atoms with Crippen LogP contribution in [0.15, 0.2) is 73.2 Å². The van der Waals surface area contributed by atoms with E-state index in [0.29, 0.717) is 37.6 Å². The molecule has 2 aliphatic heterocycles. The zero-order valence-electron chi connectivity index (χ0n) is 22.4. The number of carbonyl (C=O) groups excluding carboxylic acids is 2. The maximum absolute atomic E-state index is 13.3. The zero-order valence-corrected chi connectivity index (χ0v) is 22.4. The van der Waals surface area contributed by atoms with E-state index in [1.54, 1.807) is 15.6 Å². The molecule has 1 saturated heterocycles. The first-order valence-electron chi connectivity index (χ1n) is 13.6. The highest BCUT2D eigenvalue weighted by atomic mass is 16.6. The summed E-state index contributed by atoms with van der Waals surface area (Å²) in [5, 5.41) is 7.86. The van der Waals surface area contributed by atoms with Gasteiger partial charge in [0.2, 0.25) is 5.95 Å². The van der Waals surface area contributed by atoms with Crippen LogP contribution in [0.1, 0.15) is 53.7 Å². The van der Waals surface area contributed by atoms with Crippen molar-refractivity contribution in [2.24, 2.45) is 0 Å². The molecule has 40 heavy (non-hydrogen) atoms. The second kappa shape index (κ2) is 11.2. The number of anilines is 2. The largest absolute Gasteiger partial charge is 0.450 e. The van der Waals surface area contributed by atoms with E-state index in [-0.39, 0.29) is 18.0 Å². The average Bonchev–Trinajstić information content (AvgIpc) is 3.65. The molecule has 1 aromatic carbocycles. The summed E-state index contributed by atoms with van der Waals surface area (Å²) in [6.07, 6.45) is 9.86. The molecule has 4 aromatic rings. The van der Waals surface area contributed by atoms with E-state index in [9.17, 15) is 9.59 Å². The monoisotopic (exact) mass is 537 g/mol. The van der Waals surface area contributed by atoms with Gasteiger partial charge in [-0.2, -0.15) is 4.98 Å². The predicted octanol–water partition coefficient (Wildman–Crippen LogP) is 5.09. The summed E-state index contributed by atoms with van der Waals surface area (Å²) < 4.78 is 6.87. The van der Waals surface area contributed by atoms with E-state index in [2.05, 4.69) is 15.4 Å². The molecule has 1 fully saturated rings. The van der Waals surface area contributed by atoms with Gasteiger partial charge in [0, 0.05) is 55.0 Å². The van der Waals surface area contributed by atoms with Gasteiger partial charge in [-0.25, -0.2) is 9.31 Å². The number of ether oxygens (including phenoxy) is 1. The number of benzene rings is 1. The highest BCUT2D eigenvalue weighted by Gasteiger charge is 2.30. The van der Waals surface area contributed by atoms with Crippen molar-refractivity contribution >= 4 is 34.9 Å². The standard InChI is InChI=1S/C30H31N7O3/c1-2-40-30(39)35-18-13-21(14-19-35)25-7-4-17-37-27(25)33-29(34-37)32-24-11-9-22(10-12-24)28(38)36-16-5-8-26(36)23-6-3-15-31-20-23/h3-4,6-7,9-13,15,17,20,26H,2,5,8,14,16,18-19H2,1H3,(H,32,34). The Morgan fingerprint density at radius 2 is 1.98 bits per heavy atom. The summed E-state index contributed by atoms with van der Waals surface area (Å²) in [6, 6.07) is 15.4. The van der Waals surface area contributed by atoms with Gasteiger partial charge in [-0.15, -0.1) is 5.10 Å². The van der Waals surface area contributed by atoms with E-state index in [1.807, 2.05) is 78.8 Å². The molecule has 0 radical (unpaired) electrons. The highest BCUT2D eigenvalue weighted by Crippen LogP contribution is 2.33. The van der Waals surface area contributed by atoms with Crippen LogP contribution in [0.2, 0.25) is 0 Å². The van der Waals surface area contributed by atoms with Crippen LogP contribution >= 0.6 is 0 Å². The third kappa shape index (κ3) is 5.12. The number of aromatic nitrogens is 4. The second-order valence-electron chi connectivity index (χ2n) is 9.90. The van der Waals surface area contributed by atoms with E-state index in [1.165, 1.54) is 0 Å². The third-order valence-electron chi connectivity index (χ3n) is 7.41. The van der Waals surface area contributed by atoms with E-state index < -0.39 is 0 Å². The Morgan fingerprint density at radius 3 is 2.73 bits per heavy atom. The van der Waals surface area contributed by atoms with Crippen LogP contribution in [0.4, 0.5) is 16.4 Å². The van der Waals surface area contributed by atoms with E-state index in [0.717, 1.165) is 47.4 Å². The third-order valence-corrected chi connectivity index (χ3v) is 7.41. The minimum atomic E-state index is -0.286. The molecule has 204 valence electrons. The topological polar surface area (TPSA) is 105 Å². The number of rotatable bonds is 6. The molecule has 2 aliphatic rings. The van der Waals surface area contributed by atoms with Gasteiger partial charge in [-0.05, 0) is 79.8 Å². The maximum Gasteiger partial charge on any atom is 0.410 e. The molecular formula is C30H31N7O3. The fourth-order valence-electron chi connectivity index (χ4n) is 5.42. The summed E-state index contributed by atoms with van der Waals surface area (Å²) in [6.45, 7) is 4.01. The predicted molar refractivity (Wildman–Crippen MR) is 151 cm³/mol. The average molecular weight is 538 g/mol. The lowest BCUT2D eigenvalue weighted by molar-refractivity contribution is 0.0735. The summed E-state index contributed by atoms with van der Waals surface area (Å²) >= 11 is 0. The number of likely N-dealkylation sites (tertiary alicyclic amines) is 1. The molecule has 1 atom stereocenters. The lowest BCUT2D eigenvalue weighted by atomic mass is 10.0. The molecule has 0 spiro atoms. The van der Waals surface area contributed by atoms with Crippen molar-refractivity contribution in [3.8, 4) is 0 Å². The van der Waals surface area contributed by atoms with Crippen LogP contribution in [0.5, 0.6) is 0 Å². The molecule has 6 rings (SSSR count). The Morgan fingerprint density at radius 1 is 1.10 bits per heavy atom. The first-order valence-corrected chi connectivity index (χ1v) is 13.6. The van der Waals surface area contributed by atoms with Crippen LogP contribution in [-0.4, -0.2) is 67.6 Å². The molecule has 10 heteroatoms. The second-order valence-corrected chi connectivity index (χ2v) is 9.90. The number of amides is 2. The first-order chi connectivity index (χ1) is 19.6. The number of hydrogen-bond donors (Lipinski definition) is 1. The zero-order chi connectivity index (χ0) is 27.5. The van der Waals surface area contributed by atoms with Crippen LogP contribution in [0, 0.1) is 0 Å². The number of fused-ring (bicyclic) bond motifs is 1. The molecule has 0 bridgehead atoms. The van der Waals surface area contributed by atoms with Gasteiger partial charge in [0.1, 0.15) is 0 Å². The van der Waals surface area contributed by atoms with E-state index in [4.69, 9.17) is 9.72 Å².